The van der Waals surface area contributed by atoms with Gasteiger partial charge in [-0.25, -0.2) is 0 Å². The monoisotopic (exact) mass is 731 g/mol. The van der Waals surface area contributed by atoms with Gasteiger partial charge in [0.15, 0.2) is 0 Å². The van der Waals surface area contributed by atoms with Gasteiger partial charge in [0, 0.05) is 88.0 Å². The van der Waals surface area contributed by atoms with E-state index in [0.717, 1.165) is 104 Å². The number of aliphatic hydroxyl groups excluding tert-OH is 3. The van der Waals surface area contributed by atoms with E-state index in [-0.39, 0.29) is 48.7 Å². The Morgan fingerprint density at radius 3 is 1.18 bits per heavy atom. The van der Waals surface area contributed by atoms with Crippen molar-refractivity contribution in [1.29, 1.82) is 0 Å². The van der Waals surface area contributed by atoms with E-state index in [1.54, 1.807) is 13.8 Å². The summed E-state index contributed by atoms with van der Waals surface area (Å²) in [6, 6.07) is 0. The predicted octanol–water partition coefficient (Wildman–Crippen LogP) is -1.18. The van der Waals surface area contributed by atoms with Gasteiger partial charge in [0.05, 0.1) is 6.61 Å². The molecule has 3 aliphatic heterocycles. The van der Waals surface area contributed by atoms with E-state index in [1.165, 1.54) is 33.6 Å². The molecule has 0 bridgehead atoms. The smallest absolute Gasteiger partial charge is 0.870 e. The number of hydrogen-bond acceptors (Lipinski definition) is 13. The molecule has 3 saturated heterocycles. The first-order chi connectivity index (χ1) is 23.1. The van der Waals surface area contributed by atoms with Crippen LogP contribution in [0.4, 0.5) is 0 Å². The number of aliphatic hydroxyl groups is 3. The minimum Gasteiger partial charge on any atom is -0.870 e. The summed E-state index contributed by atoms with van der Waals surface area (Å²) in [6.07, 6.45) is 9.49. The summed E-state index contributed by atoms with van der Waals surface area (Å²) in [5, 5.41) is 35.0. The number of rotatable bonds is 7. The van der Waals surface area contributed by atoms with Crippen LogP contribution >= 0.6 is 0 Å². The first-order valence-corrected chi connectivity index (χ1v) is 17.0. The summed E-state index contributed by atoms with van der Waals surface area (Å²) in [5.41, 5.74) is 0. The Hall–Kier alpha value is -2.58. The molecule has 0 aromatic rings. The Bertz CT molecular complexity index is 884. The summed E-state index contributed by atoms with van der Waals surface area (Å²) < 4.78 is 8.87. The van der Waals surface area contributed by atoms with Crippen LogP contribution in [0, 0.1) is 17.8 Å². The molecule has 296 valence electrons. The van der Waals surface area contributed by atoms with E-state index < -0.39 is 17.9 Å². The molecule has 51 heavy (non-hydrogen) atoms. The van der Waals surface area contributed by atoms with Crippen molar-refractivity contribution in [3.8, 4) is 0 Å². The Morgan fingerprint density at radius 1 is 0.608 bits per heavy atom. The zero-order valence-corrected chi connectivity index (χ0v) is 32.4. The largest absolute Gasteiger partial charge is 1.00 e. The van der Waals surface area contributed by atoms with Crippen molar-refractivity contribution in [1.82, 2.24) is 15.1 Å². The second kappa shape index (κ2) is 38.6. The maximum atomic E-state index is 11.1. The number of hydrogen-bond donors (Lipinski definition) is 5. The van der Waals surface area contributed by atoms with E-state index in [4.69, 9.17) is 30.0 Å². The van der Waals surface area contributed by atoms with Crippen molar-refractivity contribution >= 4 is 35.7 Å². The number of nitrogens with zero attached hydrogens (tertiary/aromatic N) is 2. The number of carbonyl (C=O) groups is 6. The van der Waals surface area contributed by atoms with Gasteiger partial charge in [-0.3, -0.25) is 28.8 Å². The number of esters is 3. The van der Waals surface area contributed by atoms with Crippen molar-refractivity contribution in [2.24, 2.45) is 17.8 Å². The summed E-state index contributed by atoms with van der Waals surface area (Å²) in [7, 11) is 1.00. The third-order valence-electron chi connectivity index (χ3n) is 7.77. The standard InChI is InChI=1S/C11H19NO3.C9H17NO2.C7H15NO.C4H6O3.C2H4O2.CH4O.Li.H2O/c1-9(13)12-6-3-11(4-7-12)5-8-15-10(2)14;1-8(12)10-5-2-9(3-6-10)4-7-11;9-6-3-7-1-4-8-5-2-7;1-3(5)7-4(2)6;1-2(3)4;1-2;;/h11H,3-8H2,1-2H3;9,11H,2-7H2,1H3;7-9H,1-6H2;1-2H3;1H3,(H,3,4);2H,1H3;;1H2/q;;;;;;+1;/p-1. The van der Waals surface area contributed by atoms with Gasteiger partial charge in [-0.2, -0.15) is 0 Å². The molecule has 0 aliphatic carbocycles. The van der Waals surface area contributed by atoms with Crippen molar-refractivity contribution in [2.45, 2.75) is 99.3 Å². The molecule has 16 nitrogen and oxygen atoms in total. The van der Waals surface area contributed by atoms with Gasteiger partial charge in [-0.15, -0.1) is 0 Å². The number of piperidine rings is 3. The predicted molar refractivity (Wildman–Crippen MR) is 186 cm³/mol. The Kier molecular flexibility index (Phi) is 43.8. The number of aliphatic carboxylic acids is 1. The molecule has 0 radical (unpaired) electrons. The molecule has 2 amide bonds. The molecule has 0 aromatic carbocycles. The molecule has 0 atom stereocenters. The van der Waals surface area contributed by atoms with Crippen LogP contribution < -0.4 is 24.2 Å². The summed E-state index contributed by atoms with van der Waals surface area (Å²) in [4.78, 5) is 64.9. The fourth-order valence-electron chi connectivity index (χ4n) is 5.18. The third-order valence-corrected chi connectivity index (χ3v) is 7.77. The van der Waals surface area contributed by atoms with Crippen LogP contribution in [0.5, 0.6) is 0 Å². The Balaban J connectivity index is -0.000000178. The number of nitrogens with one attached hydrogen (secondary N) is 1. The second-order valence-electron chi connectivity index (χ2n) is 11.8. The maximum Gasteiger partial charge on any atom is 1.00 e. The molecule has 3 rings (SSSR count). The first-order valence-electron chi connectivity index (χ1n) is 17.0. The van der Waals surface area contributed by atoms with E-state index >= 15 is 0 Å². The van der Waals surface area contributed by atoms with Crippen molar-refractivity contribution in [3.05, 3.63) is 0 Å². The summed E-state index contributed by atoms with van der Waals surface area (Å²) in [6.45, 7) is 15.0. The van der Waals surface area contributed by atoms with Crippen LogP contribution in [0.15, 0.2) is 0 Å². The number of carbonyl (C=O) groups excluding carboxylic acids is 5. The van der Waals surface area contributed by atoms with Crippen molar-refractivity contribution in [3.63, 3.8) is 0 Å². The molecule has 3 fully saturated rings. The van der Waals surface area contributed by atoms with Gasteiger partial charge in [0.25, 0.3) is 5.97 Å². The zero-order chi connectivity index (χ0) is 38.2. The van der Waals surface area contributed by atoms with E-state index in [1.807, 2.05) is 9.80 Å². The van der Waals surface area contributed by atoms with Crippen LogP contribution in [-0.4, -0.2) is 138 Å². The maximum absolute atomic E-state index is 11.1. The van der Waals surface area contributed by atoms with Crippen LogP contribution in [0.2, 0.25) is 0 Å². The number of carboxylic acids is 1. The van der Waals surface area contributed by atoms with Crippen molar-refractivity contribution in [2.75, 3.05) is 66.2 Å². The van der Waals surface area contributed by atoms with E-state index in [2.05, 4.69) is 10.1 Å². The molecule has 0 unspecified atom stereocenters. The third kappa shape index (κ3) is 40.1. The number of ether oxygens (including phenoxy) is 2. The molecule has 0 spiro atoms. The van der Waals surface area contributed by atoms with Crippen LogP contribution in [0.1, 0.15) is 99.3 Å². The summed E-state index contributed by atoms with van der Waals surface area (Å²) >= 11 is 0. The number of carboxylic acid groups (broad SMARTS) is 1. The van der Waals surface area contributed by atoms with Gasteiger partial charge in [-0.05, 0) is 88.6 Å². The van der Waals surface area contributed by atoms with Gasteiger partial charge in [0.2, 0.25) is 11.8 Å². The number of amides is 2. The summed E-state index contributed by atoms with van der Waals surface area (Å²) in [5.74, 6) is 0.184. The molecular formula is C34H66LiN3O13. The average molecular weight is 732 g/mol. The fourth-order valence-corrected chi connectivity index (χ4v) is 5.18. The van der Waals surface area contributed by atoms with Crippen molar-refractivity contribution < 1.29 is 83.0 Å². The molecule has 17 heteroatoms. The van der Waals surface area contributed by atoms with Crippen LogP contribution in [0.3, 0.4) is 0 Å². The quantitative estimate of drug-likeness (QED) is 0.117. The van der Waals surface area contributed by atoms with Gasteiger partial charge >= 0.3 is 36.8 Å². The fraction of sp³-hybridized carbons (Fsp3) is 0.824. The Morgan fingerprint density at radius 2 is 0.922 bits per heavy atom. The molecular weight excluding hydrogens is 665 g/mol. The minimum atomic E-state index is -0.833. The first kappa shape index (κ1) is 57.7. The zero-order valence-electron chi connectivity index (χ0n) is 32.4. The van der Waals surface area contributed by atoms with E-state index in [9.17, 15) is 24.0 Å². The average Bonchev–Trinajstić information content (AvgIpc) is 3.03. The molecule has 0 aromatic heterocycles. The molecule has 0 saturated carbocycles. The molecule has 3 heterocycles. The minimum absolute atomic E-state index is 0. The van der Waals surface area contributed by atoms with Gasteiger partial charge < -0.3 is 50.5 Å². The van der Waals surface area contributed by atoms with Crippen LogP contribution in [-0.2, 0) is 38.2 Å². The van der Waals surface area contributed by atoms with Crippen LogP contribution in [0.25, 0.3) is 0 Å². The van der Waals surface area contributed by atoms with Gasteiger partial charge in [0.1, 0.15) is 0 Å². The van der Waals surface area contributed by atoms with E-state index in [0.29, 0.717) is 25.0 Å². The van der Waals surface area contributed by atoms with Gasteiger partial charge in [-0.1, -0.05) is 0 Å². The normalized spacial score (nSPS) is 15.4. The topological polar surface area (TPSA) is 250 Å². The molecule has 6 N–H and O–H groups in total. The SMILES string of the molecule is CC(=O)N1CCC(CCO)CC1.CC(=O)O.CC(=O)OC(C)=O.CC(=O)OCCC1CCN(C(C)=O)CC1.CO.OCCC1CCNCC1.[Li+].[OH-]. The number of likely N-dealkylation sites (tertiary alicyclic amines) is 2. The second-order valence-corrected chi connectivity index (χ2v) is 11.8. The Labute approximate surface area is 316 Å². The molecule has 3 aliphatic rings.